The van der Waals surface area contributed by atoms with Crippen LogP contribution in [0, 0.1) is 5.92 Å². The van der Waals surface area contributed by atoms with Crippen LogP contribution < -0.4 is 15.8 Å². The fraction of sp³-hybridized carbons (Fsp3) is 0.350. The lowest BCUT2D eigenvalue weighted by Gasteiger charge is -2.31. The molecule has 24 heavy (non-hydrogen) atoms. The fourth-order valence-electron chi connectivity index (χ4n) is 3.16. The smallest absolute Gasteiger partial charge is 0.185 e. The van der Waals surface area contributed by atoms with Gasteiger partial charge >= 0.3 is 0 Å². The van der Waals surface area contributed by atoms with Crippen LogP contribution in [0.2, 0.25) is 0 Å². The first-order valence-corrected chi connectivity index (χ1v) is 9.10. The molecule has 2 N–H and O–H groups in total. The maximum atomic E-state index is 5.58. The van der Waals surface area contributed by atoms with E-state index in [1.165, 1.54) is 25.7 Å². The largest absolute Gasteiger partial charge is 0.359 e. The Bertz CT molecular complexity index is 597. The minimum Gasteiger partial charge on any atom is -0.359 e. The van der Waals surface area contributed by atoms with E-state index in [-0.39, 0.29) is 0 Å². The molecule has 0 saturated heterocycles. The third kappa shape index (κ3) is 4.48. The molecule has 3 nitrogen and oxygen atoms in total. The van der Waals surface area contributed by atoms with Crippen molar-refractivity contribution in [2.24, 2.45) is 5.92 Å². The van der Waals surface area contributed by atoms with Crippen molar-refractivity contribution in [3.63, 3.8) is 0 Å². The summed E-state index contributed by atoms with van der Waals surface area (Å²) in [7, 11) is 0. The van der Waals surface area contributed by atoms with Crippen LogP contribution in [0.4, 0.5) is 11.4 Å². The number of hydrazine groups is 1. The second-order valence-electron chi connectivity index (χ2n) is 6.55. The molecule has 0 aromatic heterocycles. The number of anilines is 2. The van der Waals surface area contributed by atoms with Crippen molar-refractivity contribution in [1.29, 1.82) is 0 Å². The molecule has 1 aliphatic rings. The summed E-state index contributed by atoms with van der Waals surface area (Å²) >= 11 is 5.58. The number of para-hydroxylation sites is 2. The van der Waals surface area contributed by atoms with Gasteiger partial charge < -0.3 is 5.32 Å². The van der Waals surface area contributed by atoms with Gasteiger partial charge in [-0.2, -0.15) is 0 Å². The summed E-state index contributed by atoms with van der Waals surface area (Å²) in [6, 6.07) is 21.0. The summed E-state index contributed by atoms with van der Waals surface area (Å²) in [6.07, 6.45) is 4.95. The Kier molecular flexibility index (Phi) is 5.70. The first-order valence-electron chi connectivity index (χ1n) is 8.70. The van der Waals surface area contributed by atoms with Crippen LogP contribution in [0.15, 0.2) is 60.7 Å². The Morgan fingerprint density at radius 3 is 1.88 bits per heavy atom. The predicted octanol–water partition coefficient (Wildman–Crippen LogP) is 4.78. The van der Waals surface area contributed by atoms with Gasteiger partial charge in [-0.05, 0) is 68.1 Å². The highest BCUT2D eigenvalue weighted by atomic mass is 32.1. The Morgan fingerprint density at radius 1 is 0.875 bits per heavy atom. The highest BCUT2D eigenvalue weighted by Crippen LogP contribution is 2.24. The van der Waals surface area contributed by atoms with Gasteiger partial charge in [0.15, 0.2) is 5.11 Å². The van der Waals surface area contributed by atoms with E-state index in [9.17, 15) is 0 Å². The molecule has 0 heterocycles. The molecule has 0 atom stereocenters. The molecule has 1 saturated carbocycles. The van der Waals surface area contributed by atoms with E-state index in [0.29, 0.717) is 11.2 Å². The quantitative estimate of drug-likeness (QED) is 0.619. The second-order valence-corrected chi connectivity index (χ2v) is 6.96. The summed E-state index contributed by atoms with van der Waals surface area (Å²) in [6.45, 7) is 2.33. The Morgan fingerprint density at radius 2 is 1.38 bits per heavy atom. The molecule has 1 fully saturated rings. The van der Waals surface area contributed by atoms with Gasteiger partial charge in [0.25, 0.3) is 0 Å². The molecular weight excluding hydrogens is 314 g/mol. The summed E-state index contributed by atoms with van der Waals surface area (Å²) < 4.78 is 0. The van der Waals surface area contributed by atoms with Crippen molar-refractivity contribution in [1.82, 2.24) is 10.7 Å². The average Bonchev–Trinajstić information content (AvgIpc) is 2.63. The minimum absolute atomic E-state index is 0.481. The summed E-state index contributed by atoms with van der Waals surface area (Å²) in [5, 5.41) is 6.20. The van der Waals surface area contributed by atoms with Gasteiger partial charge in [-0.15, -0.1) is 0 Å². The van der Waals surface area contributed by atoms with Crippen molar-refractivity contribution in [2.45, 2.75) is 38.6 Å². The zero-order valence-corrected chi connectivity index (χ0v) is 14.9. The molecule has 0 bridgehead atoms. The summed E-state index contributed by atoms with van der Waals surface area (Å²) in [4.78, 5) is 0. The lowest BCUT2D eigenvalue weighted by molar-refractivity contribution is 0.330. The van der Waals surface area contributed by atoms with Gasteiger partial charge in [-0.25, -0.2) is 0 Å². The van der Waals surface area contributed by atoms with Crippen LogP contribution in [-0.2, 0) is 0 Å². The fourth-order valence-corrected chi connectivity index (χ4v) is 3.41. The molecular formula is C20H25N3S. The van der Waals surface area contributed by atoms with Gasteiger partial charge in [-0.3, -0.25) is 10.4 Å². The zero-order valence-electron chi connectivity index (χ0n) is 14.1. The highest BCUT2D eigenvalue weighted by Gasteiger charge is 2.19. The number of benzene rings is 2. The van der Waals surface area contributed by atoms with Crippen LogP contribution in [0.1, 0.15) is 32.6 Å². The van der Waals surface area contributed by atoms with Crippen LogP contribution in [0.3, 0.4) is 0 Å². The molecule has 3 rings (SSSR count). The molecule has 0 amide bonds. The van der Waals surface area contributed by atoms with E-state index >= 15 is 0 Å². The van der Waals surface area contributed by atoms with Crippen molar-refractivity contribution in [3.05, 3.63) is 60.7 Å². The highest BCUT2D eigenvalue weighted by molar-refractivity contribution is 7.80. The molecule has 0 unspecified atom stereocenters. The molecule has 4 heteroatoms. The first kappa shape index (κ1) is 16.8. The van der Waals surface area contributed by atoms with Gasteiger partial charge in [0.1, 0.15) is 0 Å². The SMILES string of the molecule is C[C@H]1CC[C@@H](NC(=S)NN(c2ccccc2)c2ccccc2)CC1. The van der Waals surface area contributed by atoms with Crippen molar-refractivity contribution in [3.8, 4) is 0 Å². The van der Waals surface area contributed by atoms with Crippen LogP contribution in [0.25, 0.3) is 0 Å². The van der Waals surface area contributed by atoms with E-state index in [2.05, 4.69) is 41.9 Å². The minimum atomic E-state index is 0.481. The lowest BCUT2D eigenvalue weighted by Crippen LogP contribution is -2.49. The number of nitrogens with zero attached hydrogens (tertiary/aromatic N) is 1. The summed E-state index contributed by atoms with van der Waals surface area (Å²) in [5.41, 5.74) is 5.48. The van der Waals surface area contributed by atoms with E-state index in [4.69, 9.17) is 12.2 Å². The van der Waals surface area contributed by atoms with Crippen LogP contribution >= 0.6 is 12.2 Å². The van der Waals surface area contributed by atoms with E-state index < -0.39 is 0 Å². The molecule has 1 aliphatic carbocycles. The lowest BCUT2D eigenvalue weighted by atomic mass is 9.87. The van der Waals surface area contributed by atoms with Crippen molar-refractivity contribution in [2.75, 3.05) is 5.01 Å². The third-order valence-electron chi connectivity index (χ3n) is 4.59. The monoisotopic (exact) mass is 339 g/mol. The van der Waals surface area contributed by atoms with Crippen molar-refractivity contribution >= 4 is 28.7 Å². The molecule has 0 spiro atoms. The van der Waals surface area contributed by atoms with E-state index in [0.717, 1.165) is 17.3 Å². The van der Waals surface area contributed by atoms with Crippen LogP contribution in [0.5, 0.6) is 0 Å². The standard InChI is InChI=1S/C20H25N3S/c1-16-12-14-17(15-13-16)21-20(24)22-23(18-8-4-2-5-9-18)19-10-6-3-7-11-19/h2-11,16-17H,12-15H2,1H3,(H2,21,22,24)/t16-,17+. The Hall–Kier alpha value is -2.07. The molecule has 126 valence electrons. The third-order valence-corrected chi connectivity index (χ3v) is 4.80. The van der Waals surface area contributed by atoms with Gasteiger partial charge in [0.05, 0.1) is 11.4 Å². The molecule has 0 radical (unpaired) electrons. The number of thiocarbonyl (C=S) groups is 1. The van der Waals surface area contributed by atoms with E-state index in [1.807, 2.05) is 41.4 Å². The average molecular weight is 340 g/mol. The predicted molar refractivity (Wildman–Crippen MR) is 105 cm³/mol. The maximum Gasteiger partial charge on any atom is 0.185 e. The van der Waals surface area contributed by atoms with Gasteiger partial charge in [0.2, 0.25) is 0 Å². The normalized spacial score (nSPS) is 20.2. The first-order chi connectivity index (χ1) is 11.7. The summed E-state index contributed by atoms with van der Waals surface area (Å²) in [5.74, 6) is 0.842. The molecule has 2 aromatic carbocycles. The Balaban J connectivity index is 1.69. The maximum absolute atomic E-state index is 5.58. The number of nitrogens with one attached hydrogen (secondary N) is 2. The van der Waals surface area contributed by atoms with E-state index in [1.54, 1.807) is 0 Å². The molecule has 2 aromatic rings. The zero-order chi connectivity index (χ0) is 16.8. The van der Waals surface area contributed by atoms with Gasteiger partial charge in [0, 0.05) is 6.04 Å². The Labute approximate surface area is 150 Å². The number of hydrogen-bond acceptors (Lipinski definition) is 2. The topological polar surface area (TPSA) is 27.3 Å². The number of hydrogen-bond donors (Lipinski definition) is 2. The van der Waals surface area contributed by atoms with Gasteiger partial charge in [-0.1, -0.05) is 43.3 Å². The number of rotatable bonds is 4. The van der Waals surface area contributed by atoms with Crippen LogP contribution in [-0.4, -0.2) is 11.2 Å². The van der Waals surface area contributed by atoms with Crippen molar-refractivity contribution < 1.29 is 0 Å². The second kappa shape index (κ2) is 8.15. The molecule has 0 aliphatic heterocycles.